The Kier molecular flexibility index (Phi) is 6.66. The fraction of sp³-hybridized carbons (Fsp3) is 0.190. The van der Waals surface area contributed by atoms with Crippen molar-refractivity contribution in [1.29, 1.82) is 0 Å². The van der Waals surface area contributed by atoms with Crippen molar-refractivity contribution in [1.82, 2.24) is 9.47 Å². The molecule has 6 nitrogen and oxygen atoms in total. The van der Waals surface area contributed by atoms with Gasteiger partial charge in [0.1, 0.15) is 9.20 Å². The molecule has 1 aromatic heterocycles. The lowest BCUT2D eigenvalue weighted by molar-refractivity contribution is -0.135. The lowest BCUT2D eigenvalue weighted by Crippen LogP contribution is -2.36. The number of nitrogens with zero attached hydrogens (tertiary/aromatic N) is 2. The molecule has 0 radical (unpaired) electrons. The summed E-state index contributed by atoms with van der Waals surface area (Å²) in [4.78, 5) is 39.7. The first kappa shape index (κ1) is 21.0. The second kappa shape index (κ2) is 9.19. The first-order valence-corrected chi connectivity index (χ1v) is 10.5. The minimum atomic E-state index is -0.553. The van der Waals surface area contributed by atoms with Gasteiger partial charge in [-0.05, 0) is 31.2 Å². The van der Waals surface area contributed by atoms with Crippen molar-refractivity contribution < 1.29 is 14.3 Å². The number of hydrogen-bond acceptors (Lipinski definition) is 6. The van der Waals surface area contributed by atoms with Gasteiger partial charge in [0.25, 0.3) is 5.56 Å². The van der Waals surface area contributed by atoms with Crippen LogP contribution in [0.5, 0.6) is 0 Å². The number of rotatable bonds is 5. The summed E-state index contributed by atoms with van der Waals surface area (Å²) in [5, 5.41) is 0. The number of likely N-dealkylation sites (N-methyl/N-ethyl adjacent to an activating group) is 1. The van der Waals surface area contributed by atoms with Crippen LogP contribution in [0.15, 0.2) is 58.0 Å². The number of carbonyl (C=O) groups is 2. The molecule has 2 heterocycles. The van der Waals surface area contributed by atoms with Gasteiger partial charge < -0.3 is 9.64 Å². The van der Waals surface area contributed by atoms with Crippen molar-refractivity contribution in [2.24, 2.45) is 0 Å². The second-order valence-corrected chi connectivity index (χ2v) is 8.13. The van der Waals surface area contributed by atoms with Crippen LogP contribution in [0.2, 0.25) is 0 Å². The van der Waals surface area contributed by atoms with Gasteiger partial charge in [0.15, 0.2) is 5.78 Å². The Labute approximate surface area is 179 Å². The summed E-state index contributed by atoms with van der Waals surface area (Å²) in [6, 6.07) is 6.92. The van der Waals surface area contributed by atoms with E-state index in [2.05, 4.69) is 15.9 Å². The highest BCUT2D eigenvalue weighted by atomic mass is 79.9. The van der Waals surface area contributed by atoms with Crippen LogP contribution in [-0.2, 0) is 16.1 Å². The van der Waals surface area contributed by atoms with E-state index in [4.69, 9.17) is 4.74 Å². The average molecular weight is 475 g/mol. The van der Waals surface area contributed by atoms with Crippen LogP contribution in [-0.4, -0.2) is 34.9 Å². The largest absolute Gasteiger partial charge is 0.463 e. The van der Waals surface area contributed by atoms with Crippen LogP contribution in [0.3, 0.4) is 0 Å². The SMILES string of the molecule is CCOC(=O)/C=c1/sc(=C2C=CC=CN2C)c(=O)n1CC(=O)c1ccc(Br)cc1. The molecular formula is C21H19BrN2O4S. The highest BCUT2D eigenvalue weighted by molar-refractivity contribution is 9.10. The standard InChI is InChI=1S/C21H19BrN2O4S/c1-3-28-19(26)12-18-24(13-17(25)14-7-9-15(22)10-8-14)21(27)20(29-18)16-6-4-5-11-23(16)2/h4-12H,3,13H2,1-2H3/b18-12+,20-16?. The number of carbonyl (C=O) groups excluding carboxylic acids is 2. The predicted molar refractivity (Wildman–Crippen MR) is 117 cm³/mol. The van der Waals surface area contributed by atoms with E-state index in [0.717, 1.165) is 15.8 Å². The van der Waals surface area contributed by atoms with Crippen LogP contribution in [0.4, 0.5) is 0 Å². The molecule has 2 aromatic rings. The Hall–Kier alpha value is -2.71. The van der Waals surface area contributed by atoms with E-state index < -0.39 is 5.97 Å². The summed E-state index contributed by atoms with van der Waals surface area (Å²) in [6.07, 6.45) is 8.61. The number of benzene rings is 1. The summed E-state index contributed by atoms with van der Waals surface area (Å²) in [5.74, 6) is -0.775. The Morgan fingerprint density at radius 3 is 2.59 bits per heavy atom. The molecular weight excluding hydrogens is 456 g/mol. The molecule has 1 aliphatic rings. The molecule has 0 aliphatic carbocycles. The smallest absolute Gasteiger partial charge is 0.333 e. The van der Waals surface area contributed by atoms with Gasteiger partial charge in [-0.2, -0.15) is 0 Å². The average Bonchev–Trinajstić information content (AvgIpc) is 2.98. The maximum absolute atomic E-state index is 13.1. The highest BCUT2D eigenvalue weighted by Crippen LogP contribution is 2.11. The summed E-state index contributed by atoms with van der Waals surface area (Å²) < 4.78 is 7.99. The maximum atomic E-state index is 13.1. The van der Waals surface area contributed by atoms with Crippen molar-refractivity contribution in [3.8, 4) is 0 Å². The van der Waals surface area contributed by atoms with Gasteiger partial charge >= 0.3 is 5.97 Å². The molecule has 1 aromatic carbocycles. The number of esters is 1. The van der Waals surface area contributed by atoms with Crippen LogP contribution in [0.25, 0.3) is 11.8 Å². The number of allylic oxidation sites excluding steroid dienone is 2. The Morgan fingerprint density at radius 2 is 1.93 bits per heavy atom. The third-order valence-corrected chi connectivity index (χ3v) is 5.86. The molecule has 150 valence electrons. The lowest BCUT2D eigenvalue weighted by atomic mass is 10.1. The molecule has 3 rings (SSSR count). The molecule has 29 heavy (non-hydrogen) atoms. The first-order chi connectivity index (χ1) is 13.9. The molecule has 0 spiro atoms. The molecule has 0 amide bonds. The van der Waals surface area contributed by atoms with Crippen molar-refractivity contribution >= 4 is 50.8 Å². The molecule has 0 fully saturated rings. The summed E-state index contributed by atoms with van der Waals surface area (Å²) in [7, 11) is 1.83. The fourth-order valence-corrected chi connectivity index (χ4v) is 4.16. The quantitative estimate of drug-likeness (QED) is 0.489. The predicted octanol–water partition coefficient (Wildman–Crippen LogP) is 2.02. The van der Waals surface area contributed by atoms with Crippen molar-refractivity contribution in [3.05, 3.63) is 78.3 Å². The van der Waals surface area contributed by atoms with Crippen molar-refractivity contribution in [2.75, 3.05) is 13.7 Å². The third kappa shape index (κ3) is 4.83. The minimum absolute atomic E-state index is 0.168. The highest BCUT2D eigenvalue weighted by Gasteiger charge is 2.15. The Morgan fingerprint density at radius 1 is 1.21 bits per heavy atom. The van der Waals surface area contributed by atoms with Gasteiger partial charge in [-0.25, -0.2) is 4.79 Å². The molecule has 0 N–H and O–H groups in total. The number of Topliss-reactive ketones (excluding diaryl/α,β-unsaturated/α-hetero) is 1. The molecule has 0 bridgehead atoms. The van der Waals surface area contributed by atoms with E-state index in [1.165, 1.54) is 10.6 Å². The van der Waals surface area contributed by atoms with E-state index >= 15 is 0 Å². The third-order valence-electron chi connectivity index (χ3n) is 4.20. The number of hydrogen-bond donors (Lipinski definition) is 0. The number of ketones is 1. The maximum Gasteiger partial charge on any atom is 0.333 e. The zero-order chi connectivity index (χ0) is 21.0. The number of ether oxygens (including phenoxy) is 1. The van der Waals surface area contributed by atoms with Crippen LogP contribution in [0.1, 0.15) is 17.3 Å². The molecule has 0 saturated carbocycles. The molecule has 0 atom stereocenters. The van der Waals surface area contributed by atoms with Gasteiger partial charge in [0, 0.05) is 23.3 Å². The van der Waals surface area contributed by atoms with E-state index in [1.807, 2.05) is 36.4 Å². The number of aromatic nitrogens is 1. The van der Waals surface area contributed by atoms with Crippen LogP contribution < -0.4 is 14.8 Å². The van der Waals surface area contributed by atoms with Gasteiger partial charge in [-0.3, -0.25) is 14.2 Å². The molecule has 0 saturated heterocycles. The lowest BCUT2D eigenvalue weighted by Gasteiger charge is -2.16. The molecule has 1 aliphatic heterocycles. The number of halogens is 1. The van der Waals surface area contributed by atoms with Gasteiger partial charge in [-0.15, -0.1) is 11.3 Å². The second-order valence-electron chi connectivity index (χ2n) is 6.18. The van der Waals surface area contributed by atoms with Gasteiger partial charge in [-0.1, -0.05) is 34.1 Å². The van der Waals surface area contributed by atoms with Gasteiger partial charge in [0.05, 0.1) is 24.9 Å². The molecule has 8 heteroatoms. The number of thiazole rings is 1. The van der Waals surface area contributed by atoms with Crippen molar-refractivity contribution in [2.45, 2.75) is 13.5 Å². The van der Waals surface area contributed by atoms with Crippen molar-refractivity contribution in [3.63, 3.8) is 0 Å². The minimum Gasteiger partial charge on any atom is -0.463 e. The van der Waals surface area contributed by atoms with E-state index in [-0.39, 0.29) is 24.5 Å². The van der Waals surface area contributed by atoms with E-state index in [1.54, 1.807) is 31.2 Å². The summed E-state index contributed by atoms with van der Waals surface area (Å²) in [6.45, 7) is 1.77. The van der Waals surface area contributed by atoms with E-state index in [0.29, 0.717) is 20.5 Å². The molecule has 0 unspecified atom stereocenters. The monoisotopic (exact) mass is 474 g/mol. The van der Waals surface area contributed by atoms with Crippen LogP contribution in [0, 0.1) is 0 Å². The summed E-state index contributed by atoms with van der Waals surface area (Å²) >= 11 is 4.50. The van der Waals surface area contributed by atoms with Crippen LogP contribution >= 0.6 is 27.3 Å². The Bertz CT molecular complexity index is 1170. The zero-order valence-electron chi connectivity index (χ0n) is 15.9. The summed E-state index contributed by atoms with van der Waals surface area (Å²) in [5.41, 5.74) is 0.869. The topological polar surface area (TPSA) is 68.6 Å². The zero-order valence-corrected chi connectivity index (χ0v) is 18.3. The Balaban J connectivity index is 2.13. The van der Waals surface area contributed by atoms with Gasteiger partial charge in [0.2, 0.25) is 0 Å². The first-order valence-electron chi connectivity index (χ1n) is 8.89. The normalized spacial score (nSPS) is 15.7. The fourth-order valence-electron chi connectivity index (χ4n) is 2.76. The van der Waals surface area contributed by atoms with E-state index in [9.17, 15) is 14.4 Å².